The molecular weight excluding hydrogens is 321 g/mol. The number of aromatic nitrogens is 2. The second kappa shape index (κ2) is 5.13. The minimum atomic E-state index is -0.155. The Hall–Kier alpha value is -0.630. The maximum Gasteiger partial charge on any atom is 0.266 e. The summed E-state index contributed by atoms with van der Waals surface area (Å²) in [7, 11) is 0. The van der Waals surface area contributed by atoms with Crippen molar-refractivity contribution in [3.8, 4) is 0 Å². The summed E-state index contributed by atoms with van der Waals surface area (Å²) < 4.78 is 0.582. The highest BCUT2D eigenvalue weighted by Gasteiger charge is 2.22. The van der Waals surface area contributed by atoms with Gasteiger partial charge in [-0.15, -0.1) is 0 Å². The van der Waals surface area contributed by atoms with E-state index in [4.69, 9.17) is 0 Å². The van der Waals surface area contributed by atoms with E-state index in [1.165, 1.54) is 6.33 Å². The normalized spacial score (nSPS) is 24.6. The second-order valence-electron chi connectivity index (χ2n) is 4.11. The number of aromatic amines is 1. The molecule has 0 bridgehead atoms. The molecule has 0 saturated heterocycles. The van der Waals surface area contributed by atoms with Crippen molar-refractivity contribution in [2.75, 3.05) is 11.9 Å². The van der Waals surface area contributed by atoms with Crippen molar-refractivity contribution in [1.82, 2.24) is 9.97 Å². The van der Waals surface area contributed by atoms with Crippen LogP contribution in [0.25, 0.3) is 0 Å². The van der Waals surface area contributed by atoms with E-state index in [9.17, 15) is 9.90 Å². The van der Waals surface area contributed by atoms with Gasteiger partial charge in [0.25, 0.3) is 5.56 Å². The van der Waals surface area contributed by atoms with Gasteiger partial charge in [0.15, 0.2) is 0 Å². The minimum absolute atomic E-state index is 0.121. The standard InChI is InChI=1S/C10H14IN3O2/c11-8-9(13-5-14-10(8)16)12-4-6-1-2-7(15)3-6/h5-7,15H,1-4H2,(H2,12,13,14,16). The number of halogens is 1. The van der Waals surface area contributed by atoms with E-state index >= 15 is 0 Å². The molecule has 1 fully saturated rings. The molecule has 0 radical (unpaired) electrons. The first-order valence-corrected chi connectivity index (χ1v) is 6.40. The number of aliphatic hydroxyl groups is 1. The van der Waals surface area contributed by atoms with Crippen LogP contribution in [0.5, 0.6) is 0 Å². The van der Waals surface area contributed by atoms with Gasteiger partial charge in [-0.2, -0.15) is 0 Å². The summed E-state index contributed by atoms with van der Waals surface area (Å²) in [5.74, 6) is 1.11. The van der Waals surface area contributed by atoms with Gasteiger partial charge in [0.1, 0.15) is 9.39 Å². The van der Waals surface area contributed by atoms with Crippen LogP contribution in [0.4, 0.5) is 5.82 Å². The number of hydrogen-bond donors (Lipinski definition) is 3. The van der Waals surface area contributed by atoms with Crippen molar-refractivity contribution in [3.63, 3.8) is 0 Å². The Labute approximate surface area is 107 Å². The molecular formula is C10H14IN3O2. The zero-order valence-electron chi connectivity index (χ0n) is 8.74. The average Bonchev–Trinajstić information content (AvgIpc) is 2.67. The van der Waals surface area contributed by atoms with Gasteiger partial charge in [0.05, 0.1) is 12.4 Å². The van der Waals surface area contributed by atoms with Crippen molar-refractivity contribution in [1.29, 1.82) is 0 Å². The summed E-state index contributed by atoms with van der Waals surface area (Å²) in [6, 6.07) is 0. The van der Waals surface area contributed by atoms with E-state index in [1.807, 2.05) is 22.6 Å². The molecule has 3 N–H and O–H groups in total. The fourth-order valence-electron chi connectivity index (χ4n) is 1.98. The van der Waals surface area contributed by atoms with Crippen molar-refractivity contribution < 1.29 is 5.11 Å². The van der Waals surface area contributed by atoms with E-state index in [1.54, 1.807) is 0 Å². The molecule has 1 aromatic rings. The third kappa shape index (κ3) is 2.73. The number of nitrogens with one attached hydrogen (secondary N) is 2. The average molecular weight is 335 g/mol. The van der Waals surface area contributed by atoms with Gasteiger partial charge in [-0.25, -0.2) is 4.98 Å². The lowest BCUT2D eigenvalue weighted by Crippen LogP contribution is -2.18. The van der Waals surface area contributed by atoms with Crippen molar-refractivity contribution in [2.45, 2.75) is 25.4 Å². The van der Waals surface area contributed by atoms with Gasteiger partial charge in [-0.05, 0) is 47.8 Å². The van der Waals surface area contributed by atoms with Crippen LogP contribution >= 0.6 is 22.6 Å². The van der Waals surface area contributed by atoms with E-state index < -0.39 is 0 Å². The van der Waals surface area contributed by atoms with E-state index in [0.29, 0.717) is 15.3 Å². The first-order valence-electron chi connectivity index (χ1n) is 5.32. The lowest BCUT2D eigenvalue weighted by atomic mass is 10.1. The highest BCUT2D eigenvalue weighted by Crippen LogP contribution is 2.25. The molecule has 1 aliphatic rings. The zero-order chi connectivity index (χ0) is 11.5. The number of anilines is 1. The van der Waals surface area contributed by atoms with Crippen LogP contribution in [0, 0.1) is 9.49 Å². The summed E-state index contributed by atoms with van der Waals surface area (Å²) in [4.78, 5) is 17.9. The second-order valence-corrected chi connectivity index (χ2v) is 5.19. The lowest BCUT2D eigenvalue weighted by Gasteiger charge is -2.11. The van der Waals surface area contributed by atoms with Crippen LogP contribution in [0.15, 0.2) is 11.1 Å². The third-order valence-corrected chi connectivity index (χ3v) is 3.87. The third-order valence-electron chi connectivity index (χ3n) is 2.87. The number of H-pyrrole nitrogens is 1. The molecule has 1 aromatic heterocycles. The first kappa shape index (κ1) is 11.8. The van der Waals surface area contributed by atoms with Crippen LogP contribution in [0.1, 0.15) is 19.3 Å². The van der Waals surface area contributed by atoms with Gasteiger partial charge < -0.3 is 15.4 Å². The fourth-order valence-corrected chi connectivity index (χ4v) is 2.47. The topological polar surface area (TPSA) is 78.0 Å². The fraction of sp³-hybridized carbons (Fsp3) is 0.600. The molecule has 0 aliphatic heterocycles. The molecule has 2 atom stereocenters. The van der Waals surface area contributed by atoms with Gasteiger partial charge in [0, 0.05) is 6.54 Å². The van der Waals surface area contributed by atoms with E-state index in [-0.39, 0.29) is 11.7 Å². The molecule has 0 aromatic carbocycles. The Morgan fingerprint density at radius 1 is 1.62 bits per heavy atom. The Balaban J connectivity index is 1.95. The summed E-state index contributed by atoms with van der Waals surface area (Å²) in [6.07, 6.45) is 4.00. The molecule has 0 spiro atoms. The van der Waals surface area contributed by atoms with Crippen LogP contribution in [-0.2, 0) is 0 Å². The largest absolute Gasteiger partial charge is 0.393 e. The molecule has 6 heteroatoms. The molecule has 5 nitrogen and oxygen atoms in total. The summed E-state index contributed by atoms with van der Waals surface area (Å²) in [6.45, 7) is 0.767. The maximum absolute atomic E-state index is 11.3. The molecule has 1 heterocycles. The maximum atomic E-state index is 11.3. The molecule has 1 aliphatic carbocycles. The Kier molecular flexibility index (Phi) is 3.80. The quantitative estimate of drug-likeness (QED) is 0.719. The van der Waals surface area contributed by atoms with Crippen molar-refractivity contribution in [2.24, 2.45) is 5.92 Å². The highest BCUT2D eigenvalue weighted by atomic mass is 127. The molecule has 2 rings (SSSR count). The van der Waals surface area contributed by atoms with Crippen LogP contribution in [0.3, 0.4) is 0 Å². The summed E-state index contributed by atoms with van der Waals surface area (Å²) in [5, 5.41) is 12.6. The predicted molar refractivity (Wildman–Crippen MR) is 69.4 cm³/mol. The Morgan fingerprint density at radius 2 is 2.44 bits per heavy atom. The molecule has 16 heavy (non-hydrogen) atoms. The SMILES string of the molecule is O=c1[nH]cnc(NCC2CCC(O)C2)c1I. The van der Waals surface area contributed by atoms with E-state index in [0.717, 1.165) is 25.8 Å². The van der Waals surface area contributed by atoms with Crippen LogP contribution in [-0.4, -0.2) is 27.7 Å². The van der Waals surface area contributed by atoms with E-state index in [2.05, 4.69) is 15.3 Å². The lowest BCUT2D eigenvalue weighted by molar-refractivity contribution is 0.178. The zero-order valence-corrected chi connectivity index (χ0v) is 10.9. The monoisotopic (exact) mass is 335 g/mol. The smallest absolute Gasteiger partial charge is 0.266 e. The van der Waals surface area contributed by atoms with Crippen molar-refractivity contribution in [3.05, 3.63) is 20.3 Å². The molecule has 2 unspecified atom stereocenters. The summed E-state index contributed by atoms with van der Waals surface area (Å²) in [5.41, 5.74) is -0.121. The Morgan fingerprint density at radius 3 is 3.12 bits per heavy atom. The van der Waals surface area contributed by atoms with Crippen molar-refractivity contribution >= 4 is 28.4 Å². The minimum Gasteiger partial charge on any atom is -0.393 e. The van der Waals surface area contributed by atoms with Gasteiger partial charge >= 0.3 is 0 Å². The summed E-state index contributed by atoms with van der Waals surface area (Å²) >= 11 is 1.98. The van der Waals surface area contributed by atoms with Gasteiger partial charge in [0.2, 0.25) is 0 Å². The number of nitrogens with zero attached hydrogens (tertiary/aromatic N) is 1. The molecule has 1 saturated carbocycles. The Bertz CT molecular complexity index is 421. The first-order chi connectivity index (χ1) is 7.66. The van der Waals surface area contributed by atoms with Crippen LogP contribution < -0.4 is 10.9 Å². The molecule has 88 valence electrons. The number of aliphatic hydroxyl groups excluding tert-OH is 1. The predicted octanol–water partition coefficient (Wildman–Crippen LogP) is 0.947. The number of rotatable bonds is 3. The van der Waals surface area contributed by atoms with Gasteiger partial charge in [-0.1, -0.05) is 0 Å². The molecule has 0 amide bonds. The van der Waals surface area contributed by atoms with Gasteiger partial charge in [-0.3, -0.25) is 4.79 Å². The number of hydrogen-bond acceptors (Lipinski definition) is 4. The highest BCUT2D eigenvalue weighted by molar-refractivity contribution is 14.1. The van der Waals surface area contributed by atoms with Crippen LogP contribution in [0.2, 0.25) is 0 Å².